The second-order valence-electron chi connectivity index (χ2n) is 5.99. The van der Waals surface area contributed by atoms with E-state index in [0.717, 1.165) is 32.2 Å². The van der Waals surface area contributed by atoms with Crippen molar-refractivity contribution >= 4 is 11.9 Å². The number of nitrogens with one attached hydrogen (secondary N) is 1. The summed E-state index contributed by atoms with van der Waals surface area (Å²) in [4.78, 5) is 25.0. The zero-order chi connectivity index (χ0) is 12.9. The van der Waals surface area contributed by atoms with Gasteiger partial charge in [-0.25, -0.2) is 0 Å². The van der Waals surface area contributed by atoms with E-state index >= 15 is 0 Å². The van der Waals surface area contributed by atoms with Crippen LogP contribution in [0.2, 0.25) is 0 Å². The summed E-state index contributed by atoms with van der Waals surface area (Å²) in [6.07, 6.45) is 3.97. The second-order valence-corrected chi connectivity index (χ2v) is 5.99. The fourth-order valence-electron chi connectivity index (χ4n) is 4.10. The maximum absolute atomic E-state index is 11.9. The van der Waals surface area contributed by atoms with Gasteiger partial charge in [0, 0.05) is 19.6 Å². The van der Waals surface area contributed by atoms with Gasteiger partial charge < -0.3 is 15.3 Å². The summed E-state index contributed by atoms with van der Waals surface area (Å²) >= 11 is 0. The predicted molar refractivity (Wildman–Crippen MR) is 64.9 cm³/mol. The number of rotatable bonds is 3. The molecule has 0 spiro atoms. The molecule has 3 rings (SSSR count). The van der Waals surface area contributed by atoms with Gasteiger partial charge in [-0.15, -0.1) is 0 Å². The van der Waals surface area contributed by atoms with Crippen LogP contribution in [0.5, 0.6) is 0 Å². The number of likely N-dealkylation sites (N-methyl/N-ethyl adjacent to an activating group) is 1. The van der Waals surface area contributed by atoms with E-state index in [1.165, 1.54) is 0 Å². The normalized spacial score (nSPS) is 42.8. The number of hydrogen-bond acceptors (Lipinski definition) is 3. The maximum atomic E-state index is 11.9. The zero-order valence-corrected chi connectivity index (χ0v) is 10.6. The van der Waals surface area contributed by atoms with Crippen LogP contribution in [0, 0.1) is 17.8 Å². The molecule has 0 aromatic carbocycles. The Bertz CT molecular complexity index is 384. The summed E-state index contributed by atoms with van der Waals surface area (Å²) in [5.74, 6) is -0.100. The third-order valence-electron chi connectivity index (χ3n) is 5.02. The van der Waals surface area contributed by atoms with Gasteiger partial charge >= 0.3 is 5.97 Å². The minimum atomic E-state index is -0.696. The minimum Gasteiger partial charge on any atom is -0.481 e. The molecule has 0 aromatic heterocycles. The molecule has 100 valence electrons. The monoisotopic (exact) mass is 252 g/mol. The van der Waals surface area contributed by atoms with E-state index in [0.29, 0.717) is 11.8 Å². The molecular weight excluding hydrogens is 232 g/mol. The van der Waals surface area contributed by atoms with Crippen LogP contribution in [0.1, 0.15) is 25.7 Å². The molecule has 2 bridgehead atoms. The highest BCUT2D eigenvalue weighted by Crippen LogP contribution is 2.48. The molecule has 1 saturated heterocycles. The first-order chi connectivity index (χ1) is 8.58. The van der Waals surface area contributed by atoms with Crippen molar-refractivity contribution in [3.05, 3.63) is 0 Å². The Balaban J connectivity index is 1.72. The van der Waals surface area contributed by atoms with Crippen molar-refractivity contribution in [1.82, 2.24) is 10.2 Å². The average molecular weight is 252 g/mol. The van der Waals surface area contributed by atoms with Gasteiger partial charge in [0.05, 0.1) is 12.0 Å². The molecule has 1 amide bonds. The Morgan fingerprint density at radius 2 is 2.06 bits per heavy atom. The number of likely N-dealkylation sites (tertiary alicyclic amines) is 1. The Morgan fingerprint density at radius 3 is 2.67 bits per heavy atom. The first-order valence-corrected chi connectivity index (χ1v) is 6.81. The number of aliphatic carboxylic acids is 1. The summed E-state index contributed by atoms with van der Waals surface area (Å²) in [6, 6.07) is -0.164. The van der Waals surface area contributed by atoms with E-state index in [9.17, 15) is 14.7 Å². The minimum absolute atomic E-state index is 0.00157. The summed E-state index contributed by atoms with van der Waals surface area (Å²) in [7, 11) is 1.81. The van der Waals surface area contributed by atoms with Gasteiger partial charge in [-0.1, -0.05) is 0 Å². The number of nitrogens with zero attached hydrogens (tertiary/aromatic N) is 1. The highest BCUT2D eigenvalue weighted by atomic mass is 16.4. The van der Waals surface area contributed by atoms with Crippen molar-refractivity contribution in [3.63, 3.8) is 0 Å². The third-order valence-corrected chi connectivity index (χ3v) is 5.02. The number of carbonyl (C=O) groups excluding carboxylic acids is 1. The largest absolute Gasteiger partial charge is 0.481 e. The number of fused-ring (bicyclic) bond motifs is 2. The predicted octanol–water partition coefficient (Wildman–Crippen LogP) is 0.306. The number of carboxylic acids is 1. The van der Waals surface area contributed by atoms with E-state index < -0.39 is 5.97 Å². The Morgan fingerprint density at radius 1 is 1.33 bits per heavy atom. The lowest BCUT2D eigenvalue weighted by Gasteiger charge is -2.30. The van der Waals surface area contributed by atoms with Crippen LogP contribution < -0.4 is 5.32 Å². The van der Waals surface area contributed by atoms with E-state index in [1.54, 1.807) is 11.9 Å². The molecule has 5 nitrogen and oxygen atoms in total. The fourth-order valence-corrected chi connectivity index (χ4v) is 4.10. The van der Waals surface area contributed by atoms with Crippen molar-refractivity contribution in [3.8, 4) is 0 Å². The maximum Gasteiger partial charge on any atom is 0.308 e. The van der Waals surface area contributed by atoms with E-state index in [-0.39, 0.29) is 23.9 Å². The van der Waals surface area contributed by atoms with Crippen molar-refractivity contribution < 1.29 is 14.7 Å². The molecule has 0 radical (unpaired) electrons. The number of carboxylic acid groups (broad SMARTS) is 1. The van der Waals surface area contributed by atoms with Crippen LogP contribution in [0.15, 0.2) is 0 Å². The molecule has 5 atom stereocenters. The van der Waals surface area contributed by atoms with Crippen LogP contribution >= 0.6 is 0 Å². The lowest BCUT2D eigenvalue weighted by Crippen LogP contribution is -2.50. The van der Waals surface area contributed by atoms with Gasteiger partial charge in [0.1, 0.15) is 0 Å². The first kappa shape index (κ1) is 12.0. The van der Waals surface area contributed by atoms with Gasteiger partial charge in [0.2, 0.25) is 5.91 Å². The third kappa shape index (κ3) is 1.72. The van der Waals surface area contributed by atoms with Crippen LogP contribution in [0.25, 0.3) is 0 Å². The highest BCUT2D eigenvalue weighted by Gasteiger charge is 2.52. The number of amides is 1. The van der Waals surface area contributed by atoms with Gasteiger partial charge in [-0.2, -0.15) is 0 Å². The second kappa shape index (κ2) is 4.23. The van der Waals surface area contributed by atoms with Crippen LogP contribution in [0.4, 0.5) is 0 Å². The van der Waals surface area contributed by atoms with Crippen LogP contribution in [0.3, 0.4) is 0 Å². The van der Waals surface area contributed by atoms with Crippen LogP contribution in [-0.2, 0) is 9.59 Å². The molecule has 2 N–H and O–H groups in total. The van der Waals surface area contributed by atoms with Gasteiger partial charge in [-0.3, -0.25) is 9.59 Å². The standard InChI is InChI=1S/C13H20N2O3/c1-15-5-4-9(12(15)16)14-11-8-3-2-7(6-8)10(11)13(17)18/h7-11,14H,2-6H2,1H3,(H,17,18). The molecule has 1 aliphatic heterocycles. The lowest BCUT2D eigenvalue weighted by atomic mass is 9.84. The summed E-state index contributed by atoms with van der Waals surface area (Å²) in [5.41, 5.74) is 0. The summed E-state index contributed by atoms with van der Waals surface area (Å²) < 4.78 is 0. The summed E-state index contributed by atoms with van der Waals surface area (Å²) in [6.45, 7) is 0.773. The smallest absolute Gasteiger partial charge is 0.308 e. The topological polar surface area (TPSA) is 69.6 Å². The molecule has 5 heteroatoms. The van der Waals surface area contributed by atoms with Crippen LogP contribution in [-0.4, -0.2) is 47.6 Å². The Labute approximate surface area is 107 Å². The van der Waals surface area contributed by atoms with Gasteiger partial charge in [0.25, 0.3) is 0 Å². The molecule has 3 aliphatic rings. The van der Waals surface area contributed by atoms with Crippen molar-refractivity contribution in [1.29, 1.82) is 0 Å². The zero-order valence-electron chi connectivity index (χ0n) is 10.6. The van der Waals surface area contributed by atoms with Crippen molar-refractivity contribution in [2.45, 2.75) is 37.8 Å². The summed E-state index contributed by atoms with van der Waals surface area (Å²) in [5, 5.41) is 12.7. The highest BCUT2D eigenvalue weighted by molar-refractivity contribution is 5.84. The SMILES string of the molecule is CN1CCC(NC2C3CCC(C3)C2C(=O)O)C1=O. The molecule has 5 unspecified atom stereocenters. The fraction of sp³-hybridized carbons (Fsp3) is 0.846. The Hall–Kier alpha value is -1.10. The number of hydrogen-bond donors (Lipinski definition) is 2. The molecule has 2 aliphatic carbocycles. The molecule has 3 fully saturated rings. The molecular formula is C13H20N2O3. The van der Waals surface area contributed by atoms with E-state index in [2.05, 4.69) is 5.32 Å². The quantitative estimate of drug-likeness (QED) is 0.758. The van der Waals surface area contributed by atoms with Gasteiger partial charge in [0.15, 0.2) is 0 Å². The first-order valence-electron chi connectivity index (χ1n) is 6.81. The number of carbonyl (C=O) groups is 2. The van der Waals surface area contributed by atoms with E-state index in [4.69, 9.17) is 0 Å². The lowest BCUT2D eigenvalue weighted by molar-refractivity contribution is -0.145. The molecule has 18 heavy (non-hydrogen) atoms. The van der Waals surface area contributed by atoms with E-state index in [1.807, 2.05) is 0 Å². The molecule has 1 heterocycles. The van der Waals surface area contributed by atoms with Crippen molar-refractivity contribution in [2.24, 2.45) is 17.8 Å². The van der Waals surface area contributed by atoms with Crippen molar-refractivity contribution in [2.75, 3.05) is 13.6 Å². The molecule has 2 saturated carbocycles. The Kier molecular flexibility index (Phi) is 2.81. The van der Waals surface area contributed by atoms with Gasteiger partial charge in [-0.05, 0) is 37.5 Å². The molecule has 0 aromatic rings. The average Bonchev–Trinajstić information content (AvgIpc) is 2.99.